The second kappa shape index (κ2) is 10.9. The number of morpholine rings is 1. The number of carbonyl (C=O) groups excluding carboxylic acids is 1. The minimum absolute atomic E-state index is 0.136. The van der Waals surface area contributed by atoms with E-state index in [0.717, 1.165) is 16.0 Å². The maximum Gasteiger partial charge on any atom is 0.260 e. The number of hydrogen-bond acceptors (Lipinski definition) is 8. The van der Waals surface area contributed by atoms with Crippen molar-refractivity contribution in [3.63, 3.8) is 0 Å². The summed E-state index contributed by atoms with van der Waals surface area (Å²) in [6.45, 7) is 6.92. The predicted molar refractivity (Wildman–Crippen MR) is 145 cm³/mol. The lowest BCUT2D eigenvalue weighted by Gasteiger charge is -2.34. The lowest BCUT2D eigenvalue weighted by atomic mass is 10.2. The van der Waals surface area contributed by atoms with Gasteiger partial charge in [0.15, 0.2) is 5.13 Å². The predicted octanol–water partition coefficient (Wildman–Crippen LogP) is 4.93. The molecule has 0 N–H and O–H groups in total. The third-order valence-corrected chi connectivity index (χ3v) is 9.04. The van der Waals surface area contributed by atoms with Crippen LogP contribution in [0.25, 0.3) is 10.2 Å². The SMILES string of the molecule is CCOc1ccc2nc(N(Cc3ccco3)C(=O)c3ccc(S(=O)(=O)N4CC(C)OC(C)C4)cc3)sc2c1. The molecule has 1 aliphatic heterocycles. The first-order valence-electron chi connectivity index (χ1n) is 12.4. The fourth-order valence-electron chi connectivity index (χ4n) is 4.45. The van der Waals surface area contributed by atoms with Gasteiger partial charge in [-0.15, -0.1) is 0 Å². The van der Waals surface area contributed by atoms with Crippen LogP contribution in [0.5, 0.6) is 5.75 Å². The fraction of sp³-hybridized carbons (Fsp3) is 0.333. The van der Waals surface area contributed by atoms with Crippen LogP contribution < -0.4 is 9.64 Å². The molecule has 38 heavy (non-hydrogen) atoms. The van der Waals surface area contributed by atoms with Crippen molar-refractivity contribution in [1.82, 2.24) is 9.29 Å². The van der Waals surface area contributed by atoms with E-state index in [4.69, 9.17) is 13.9 Å². The Labute approximate surface area is 225 Å². The molecule has 1 aliphatic rings. The zero-order valence-electron chi connectivity index (χ0n) is 21.4. The van der Waals surface area contributed by atoms with E-state index < -0.39 is 10.0 Å². The van der Waals surface area contributed by atoms with Gasteiger partial charge in [-0.3, -0.25) is 9.69 Å². The molecule has 0 spiro atoms. The highest BCUT2D eigenvalue weighted by atomic mass is 32.2. The molecule has 2 unspecified atom stereocenters. The number of amides is 1. The summed E-state index contributed by atoms with van der Waals surface area (Å²) >= 11 is 1.37. The molecule has 0 aliphatic carbocycles. The topological polar surface area (TPSA) is 102 Å². The zero-order chi connectivity index (χ0) is 26.9. The molecular weight excluding hydrogens is 526 g/mol. The fourth-order valence-corrected chi connectivity index (χ4v) is 7.03. The van der Waals surface area contributed by atoms with Crippen molar-refractivity contribution in [3.8, 4) is 5.75 Å². The van der Waals surface area contributed by atoms with Crippen molar-refractivity contribution in [2.75, 3.05) is 24.6 Å². The van der Waals surface area contributed by atoms with E-state index in [-0.39, 0.29) is 42.6 Å². The number of nitrogens with zero attached hydrogens (tertiary/aromatic N) is 3. The molecule has 5 rings (SSSR count). The van der Waals surface area contributed by atoms with Crippen molar-refractivity contribution in [2.45, 2.75) is 44.4 Å². The van der Waals surface area contributed by atoms with Gasteiger partial charge in [-0.05, 0) is 75.4 Å². The Morgan fingerprint density at radius 1 is 1.13 bits per heavy atom. The van der Waals surface area contributed by atoms with Gasteiger partial charge in [-0.1, -0.05) is 11.3 Å². The number of carbonyl (C=O) groups is 1. The number of ether oxygens (including phenoxy) is 2. The van der Waals surface area contributed by atoms with Gasteiger partial charge < -0.3 is 13.9 Å². The summed E-state index contributed by atoms with van der Waals surface area (Å²) < 4.78 is 45.6. The quantitative estimate of drug-likeness (QED) is 0.304. The van der Waals surface area contributed by atoms with E-state index in [0.29, 0.717) is 23.1 Å². The van der Waals surface area contributed by atoms with Crippen LogP contribution in [0.3, 0.4) is 0 Å². The number of hydrogen-bond donors (Lipinski definition) is 0. The number of fused-ring (bicyclic) bond motifs is 1. The third-order valence-electron chi connectivity index (χ3n) is 6.15. The molecular formula is C27H29N3O6S2. The van der Waals surface area contributed by atoms with E-state index in [1.54, 1.807) is 23.3 Å². The Hall–Kier alpha value is -3.25. The van der Waals surface area contributed by atoms with Crippen LogP contribution in [0.15, 0.2) is 70.2 Å². The number of aromatic nitrogens is 1. The van der Waals surface area contributed by atoms with E-state index in [1.165, 1.54) is 39.9 Å². The van der Waals surface area contributed by atoms with Crippen molar-refractivity contribution < 1.29 is 27.1 Å². The lowest BCUT2D eigenvalue weighted by Crippen LogP contribution is -2.48. The third kappa shape index (κ3) is 5.46. The maximum absolute atomic E-state index is 13.7. The molecule has 1 fully saturated rings. The summed E-state index contributed by atoms with van der Waals surface area (Å²) in [5, 5.41) is 0.503. The molecule has 0 saturated carbocycles. The molecule has 11 heteroatoms. The summed E-state index contributed by atoms with van der Waals surface area (Å²) in [6.07, 6.45) is 1.17. The first-order valence-corrected chi connectivity index (χ1v) is 14.6. The molecule has 2 aromatic carbocycles. The van der Waals surface area contributed by atoms with E-state index >= 15 is 0 Å². The second-order valence-electron chi connectivity index (χ2n) is 9.13. The number of furan rings is 1. The highest BCUT2D eigenvalue weighted by Crippen LogP contribution is 2.33. The van der Waals surface area contributed by atoms with Crippen LogP contribution in [0, 0.1) is 0 Å². The monoisotopic (exact) mass is 555 g/mol. The van der Waals surface area contributed by atoms with Gasteiger partial charge in [0.05, 0.1) is 46.7 Å². The molecule has 4 aromatic rings. The average Bonchev–Trinajstić information content (AvgIpc) is 3.56. The highest BCUT2D eigenvalue weighted by molar-refractivity contribution is 7.89. The van der Waals surface area contributed by atoms with Gasteiger partial charge in [0, 0.05) is 18.7 Å². The summed E-state index contributed by atoms with van der Waals surface area (Å²) in [7, 11) is -3.72. The van der Waals surface area contributed by atoms with Crippen LogP contribution in [0.4, 0.5) is 5.13 Å². The van der Waals surface area contributed by atoms with Crippen LogP contribution >= 0.6 is 11.3 Å². The molecule has 9 nitrogen and oxygen atoms in total. The first kappa shape index (κ1) is 26.4. The number of anilines is 1. The molecule has 0 radical (unpaired) electrons. The minimum Gasteiger partial charge on any atom is -0.494 e. The van der Waals surface area contributed by atoms with Gasteiger partial charge in [0.1, 0.15) is 11.5 Å². The number of thiazole rings is 1. The largest absolute Gasteiger partial charge is 0.494 e. The number of sulfonamides is 1. The Balaban J connectivity index is 1.44. The normalized spacial score (nSPS) is 18.5. The number of benzene rings is 2. The van der Waals surface area contributed by atoms with Crippen LogP contribution in [0.2, 0.25) is 0 Å². The van der Waals surface area contributed by atoms with Crippen molar-refractivity contribution in [3.05, 3.63) is 72.2 Å². The van der Waals surface area contributed by atoms with E-state index in [2.05, 4.69) is 4.98 Å². The molecule has 3 heterocycles. The molecule has 1 amide bonds. The van der Waals surface area contributed by atoms with Crippen LogP contribution in [-0.4, -0.2) is 55.5 Å². The second-order valence-corrected chi connectivity index (χ2v) is 12.1. The maximum atomic E-state index is 13.7. The standard InChI is InChI=1S/C27H29N3O6S2/c1-4-34-21-9-12-24-25(14-21)37-27(28-24)30(17-22-6-5-13-35-22)26(31)20-7-10-23(11-8-20)38(32,33)29-15-18(2)36-19(3)16-29/h5-14,18-19H,4,15-17H2,1-3H3. The molecule has 2 aromatic heterocycles. The minimum atomic E-state index is -3.72. The van der Waals surface area contributed by atoms with Gasteiger partial charge in [-0.2, -0.15) is 4.31 Å². The van der Waals surface area contributed by atoms with E-state index in [9.17, 15) is 13.2 Å². The Morgan fingerprint density at radius 2 is 1.87 bits per heavy atom. The molecule has 1 saturated heterocycles. The Bertz CT molecular complexity index is 1510. The van der Waals surface area contributed by atoms with Crippen molar-refractivity contribution >= 4 is 42.6 Å². The van der Waals surface area contributed by atoms with Gasteiger partial charge in [0.25, 0.3) is 5.91 Å². The molecule has 200 valence electrons. The number of rotatable bonds is 8. The van der Waals surface area contributed by atoms with Crippen molar-refractivity contribution in [2.24, 2.45) is 0 Å². The average molecular weight is 556 g/mol. The van der Waals surface area contributed by atoms with Crippen LogP contribution in [-0.2, 0) is 21.3 Å². The summed E-state index contributed by atoms with van der Waals surface area (Å²) in [5.74, 6) is 1.02. The zero-order valence-corrected chi connectivity index (χ0v) is 23.0. The smallest absolute Gasteiger partial charge is 0.260 e. The van der Waals surface area contributed by atoms with Crippen LogP contribution in [0.1, 0.15) is 36.9 Å². The first-order chi connectivity index (χ1) is 18.2. The van der Waals surface area contributed by atoms with Gasteiger partial charge in [0.2, 0.25) is 10.0 Å². The van der Waals surface area contributed by atoms with E-state index in [1.807, 2.05) is 39.0 Å². The molecule has 0 bridgehead atoms. The molecule has 2 atom stereocenters. The Morgan fingerprint density at radius 3 is 2.53 bits per heavy atom. The Kier molecular flexibility index (Phi) is 7.53. The van der Waals surface area contributed by atoms with Gasteiger partial charge >= 0.3 is 0 Å². The lowest BCUT2D eigenvalue weighted by molar-refractivity contribution is -0.0440. The summed E-state index contributed by atoms with van der Waals surface area (Å²) in [6, 6.07) is 15.2. The summed E-state index contributed by atoms with van der Waals surface area (Å²) in [5.41, 5.74) is 1.09. The summed E-state index contributed by atoms with van der Waals surface area (Å²) in [4.78, 5) is 20.1. The highest BCUT2D eigenvalue weighted by Gasteiger charge is 2.32. The van der Waals surface area contributed by atoms with Crippen molar-refractivity contribution in [1.29, 1.82) is 0 Å². The van der Waals surface area contributed by atoms with Gasteiger partial charge in [-0.25, -0.2) is 13.4 Å².